The number of rotatable bonds is 2. The molecule has 0 atom stereocenters. The Bertz CT molecular complexity index is 814. The molecule has 22 heavy (non-hydrogen) atoms. The van der Waals surface area contributed by atoms with Gasteiger partial charge in [-0.3, -0.25) is 0 Å². The fraction of sp³-hybridized carbons (Fsp3) is 0.125. The molecule has 2 aromatic carbocycles. The summed E-state index contributed by atoms with van der Waals surface area (Å²) in [6.45, 7) is 2.01. The predicted octanol–water partition coefficient (Wildman–Crippen LogP) is 5.51. The maximum atomic E-state index is 5.94. The Kier molecular flexibility index (Phi) is 4.13. The number of alkyl halides is 3. The Hall–Kier alpha value is -1.55. The van der Waals surface area contributed by atoms with Crippen molar-refractivity contribution in [2.75, 3.05) is 5.32 Å². The Morgan fingerprint density at radius 2 is 1.68 bits per heavy atom. The SMILES string of the molecule is Cc1ccc2nc(C(Cl)(Cl)Cl)nc(Nc3ccccc3)c2c1. The molecule has 0 spiro atoms. The molecule has 0 fully saturated rings. The van der Waals surface area contributed by atoms with Crippen molar-refractivity contribution in [3.05, 3.63) is 59.9 Å². The van der Waals surface area contributed by atoms with Crippen LogP contribution in [0, 0.1) is 6.92 Å². The number of benzene rings is 2. The van der Waals surface area contributed by atoms with E-state index in [9.17, 15) is 0 Å². The Balaban J connectivity index is 2.18. The van der Waals surface area contributed by atoms with Crippen molar-refractivity contribution in [1.82, 2.24) is 9.97 Å². The zero-order chi connectivity index (χ0) is 15.7. The predicted molar refractivity (Wildman–Crippen MR) is 93.2 cm³/mol. The molecule has 1 N–H and O–H groups in total. The van der Waals surface area contributed by atoms with E-state index in [0.717, 1.165) is 22.2 Å². The van der Waals surface area contributed by atoms with Gasteiger partial charge in [0, 0.05) is 11.1 Å². The third-order valence-corrected chi connectivity index (χ3v) is 3.65. The summed E-state index contributed by atoms with van der Waals surface area (Å²) < 4.78 is -1.67. The minimum absolute atomic E-state index is 0.146. The van der Waals surface area contributed by atoms with Gasteiger partial charge in [-0.15, -0.1) is 0 Å². The lowest BCUT2D eigenvalue weighted by Crippen LogP contribution is -2.09. The van der Waals surface area contributed by atoms with Gasteiger partial charge in [0.25, 0.3) is 0 Å². The lowest BCUT2D eigenvalue weighted by atomic mass is 10.1. The summed E-state index contributed by atoms with van der Waals surface area (Å²) in [4.78, 5) is 8.73. The van der Waals surface area contributed by atoms with Crippen LogP contribution in [0.5, 0.6) is 0 Å². The molecule has 3 nitrogen and oxygen atoms in total. The van der Waals surface area contributed by atoms with E-state index >= 15 is 0 Å². The largest absolute Gasteiger partial charge is 0.340 e. The van der Waals surface area contributed by atoms with E-state index < -0.39 is 3.79 Å². The Labute approximate surface area is 143 Å². The van der Waals surface area contributed by atoms with E-state index in [1.165, 1.54) is 0 Å². The zero-order valence-electron chi connectivity index (χ0n) is 11.6. The van der Waals surface area contributed by atoms with Crippen LogP contribution in [0.2, 0.25) is 0 Å². The van der Waals surface area contributed by atoms with Gasteiger partial charge in [0.15, 0.2) is 5.82 Å². The first-order valence-corrected chi connectivity index (χ1v) is 7.74. The molecule has 0 saturated heterocycles. The first kappa shape index (κ1) is 15.3. The van der Waals surface area contributed by atoms with Gasteiger partial charge >= 0.3 is 0 Å². The van der Waals surface area contributed by atoms with Gasteiger partial charge in [0.1, 0.15) is 5.82 Å². The number of nitrogens with zero attached hydrogens (tertiary/aromatic N) is 2. The van der Waals surface area contributed by atoms with Gasteiger partial charge in [-0.25, -0.2) is 9.97 Å². The molecule has 0 aliphatic rings. The molecule has 3 rings (SSSR count). The Morgan fingerprint density at radius 3 is 2.36 bits per heavy atom. The lowest BCUT2D eigenvalue weighted by Gasteiger charge is -2.14. The fourth-order valence-electron chi connectivity index (χ4n) is 2.12. The van der Waals surface area contributed by atoms with E-state index in [-0.39, 0.29) is 5.82 Å². The highest BCUT2D eigenvalue weighted by Crippen LogP contribution is 2.38. The number of hydrogen-bond acceptors (Lipinski definition) is 3. The molecule has 0 amide bonds. The first-order chi connectivity index (χ1) is 10.4. The number of hydrogen-bond donors (Lipinski definition) is 1. The molecule has 6 heteroatoms. The summed E-state index contributed by atoms with van der Waals surface area (Å²) in [6, 6.07) is 15.6. The number of aryl methyl sites for hydroxylation is 1. The van der Waals surface area contributed by atoms with Crippen molar-refractivity contribution in [3.63, 3.8) is 0 Å². The van der Waals surface area contributed by atoms with E-state index in [2.05, 4.69) is 15.3 Å². The normalized spacial score (nSPS) is 11.6. The summed E-state index contributed by atoms with van der Waals surface area (Å²) >= 11 is 17.8. The summed E-state index contributed by atoms with van der Waals surface area (Å²) in [6.07, 6.45) is 0. The molecule has 112 valence electrons. The van der Waals surface area contributed by atoms with Crippen molar-refractivity contribution >= 4 is 57.2 Å². The molecule has 0 unspecified atom stereocenters. The van der Waals surface area contributed by atoms with Crippen LogP contribution in [0.4, 0.5) is 11.5 Å². The van der Waals surface area contributed by atoms with Gasteiger partial charge in [-0.2, -0.15) is 0 Å². The van der Waals surface area contributed by atoms with Crippen molar-refractivity contribution < 1.29 is 0 Å². The van der Waals surface area contributed by atoms with Crippen LogP contribution in [0.25, 0.3) is 10.9 Å². The van der Waals surface area contributed by atoms with Crippen LogP contribution in [0.15, 0.2) is 48.5 Å². The van der Waals surface area contributed by atoms with Crippen LogP contribution >= 0.6 is 34.8 Å². The molecule has 0 aliphatic heterocycles. The zero-order valence-corrected chi connectivity index (χ0v) is 13.9. The number of para-hydroxylation sites is 1. The molecule has 1 aromatic heterocycles. The average molecular weight is 353 g/mol. The van der Waals surface area contributed by atoms with Crippen LogP contribution in [0.3, 0.4) is 0 Å². The molecule has 0 radical (unpaired) electrons. The van der Waals surface area contributed by atoms with Gasteiger partial charge in [0.2, 0.25) is 3.79 Å². The lowest BCUT2D eigenvalue weighted by molar-refractivity contribution is 0.998. The highest BCUT2D eigenvalue weighted by atomic mass is 35.6. The van der Waals surface area contributed by atoms with Gasteiger partial charge in [-0.05, 0) is 31.2 Å². The maximum absolute atomic E-state index is 5.94. The Morgan fingerprint density at radius 1 is 0.955 bits per heavy atom. The number of halogens is 3. The van der Waals surface area contributed by atoms with Crippen LogP contribution < -0.4 is 5.32 Å². The molecular formula is C16H12Cl3N3. The van der Waals surface area contributed by atoms with Gasteiger partial charge in [-0.1, -0.05) is 64.6 Å². The standard InChI is InChI=1S/C16H12Cl3N3/c1-10-7-8-13-12(9-10)14(20-11-5-3-2-4-6-11)22-15(21-13)16(17,18)19/h2-9H,1H3,(H,20,21,22). The number of anilines is 2. The monoisotopic (exact) mass is 351 g/mol. The minimum atomic E-state index is -1.67. The van der Waals surface area contributed by atoms with Crippen LogP contribution in [-0.4, -0.2) is 9.97 Å². The number of aromatic nitrogens is 2. The third kappa shape index (κ3) is 3.27. The van der Waals surface area contributed by atoms with Crippen LogP contribution in [0.1, 0.15) is 11.4 Å². The van der Waals surface area contributed by atoms with E-state index in [4.69, 9.17) is 34.8 Å². The summed E-state index contributed by atoms with van der Waals surface area (Å²) in [5.74, 6) is 0.758. The quantitative estimate of drug-likeness (QED) is 0.618. The second-order valence-corrected chi connectivity index (χ2v) is 7.19. The molecule has 1 heterocycles. The summed E-state index contributed by atoms with van der Waals surface area (Å²) in [7, 11) is 0. The topological polar surface area (TPSA) is 37.8 Å². The van der Waals surface area contributed by atoms with Gasteiger partial charge < -0.3 is 5.32 Å². The fourth-order valence-corrected chi connectivity index (χ4v) is 2.38. The minimum Gasteiger partial charge on any atom is -0.340 e. The van der Waals surface area contributed by atoms with Crippen molar-refractivity contribution in [2.45, 2.75) is 10.7 Å². The molecule has 0 saturated carbocycles. The maximum Gasteiger partial charge on any atom is 0.250 e. The molecule has 3 aromatic rings. The second kappa shape index (κ2) is 5.92. The smallest absolute Gasteiger partial charge is 0.250 e. The average Bonchev–Trinajstić information content (AvgIpc) is 2.47. The van der Waals surface area contributed by atoms with E-state index in [1.54, 1.807) is 0 Å². The summed E-state index contributed by atoms with van der Waals surface area (Å²) in [5, 5.41) is 4.14. The van der Waals surface area contributed by atoms with Crippen molar-refractivity contribution in [3.8, 4) is 0 Å². The number of fused-ring (bicyclic) bond motifs is 1. The molecule has 0 aliphatic carbocycles. The van der Waals surface area contributed by atoms with Crippen LogP contribution in [-0.2, 0) is 3.79 Å². The second-order valence-electron chi connectivity index (χ2n) is 4.91. The highest BCUT2D eigenvalue weighted by Gasteiger charge is 2.28. The highest BCUT2D eigenvalue weighted by molar-refractivity contribution is 6.66. The summed E-state index contributed by atoms with van der Waals surface area (Å²) in [5.41, 5.74) is 2.73. The van der Waals surface area contributed by atoms with E-state index in [1.807, 2.05) is 55.5 Å². The van der Waals surface area contributed by atoms with Crippen molar-refractivity contribution in [1.29, 1.82) is 0 Å². The van der Waals surface area contributed by atoms with Gasteiger partial charge in [0.05, 0.1) is 5.52 Å². The first-order valence-electron chi connectivity index (χ1n) is 6.61. The molecular weight excluding hydrogens is 341 g/mol. The third-order valence-electron chi connectivity index (χ3n) is 3.14. The van der Waals surface area contributed by atoms with E-state index in [0.29, 0.717) is 5.82 Å². The molecule has 0 bridgehead atoms. The number of nitrogens with one attached hydrogen (secondary N) is 1. The van der Waals surface area contributed by atoms with Crippen molar-refractivity contribution in [2.24, 2.45) is 0 Å².